The summed E-state index contributed by atoms with van der Waals surface area (Å²) in [5.41, 5.74) is 4.85. The average molecular weight is 202 g/mol. The van der Waals surface area contributed by atoms with E-state index in [-0.39, 0.29) is 5.69 Å². The summed E-state index contributed by atoms with van der Waals surface area (Å²) in [7, 11) is 0. The van der Waals surface area contributed by atoms with E-state index in [9.17, 15) is 13.2 Å². The minimum absolute atomic E-state index is 0.276. The van der Waals surface area contributed by atoms with Crippen LogP contribution in [0.3, 0.4) is 0 Å². The Morgan fingerprint density at radius 1 is 1.36 bits per heavy atom. The first-order valence-electron chi connectivity index (χ1n) is 4.31. The average Bonchev–Trinajstić information content (AvgIpc) is 2.83. The first-order valence-corrected chi connectivity index (χ1v) is 4.31. The molecular formula is C9H9F3N2. The van der Waals surface area contributed by atoms with Crippen LogP contribution in [0.1, 0.15) is 30.0 Å². The van der Waals surface area contributed by atoms with Gasteiger partial charge >= 0.3 is 6.18 Å². The zero-order valence-corrected chi connectivity index (χ0v) is 7.30. The molecule has 1 aliphatic carbocycles. The topological polar surface area (TPSA) is 38.9 Å². The van der Waals surface area contributed by atoms with Gasteiger partial charge in [-0.2, -0.15) is 13.2 Å². The molecule has 0 radical (unpaired) electrons. The van der Waals surface area contributed by atoms with E-state index in [0.717, 1.165) is 18.4 Å². The van der Waals surface area contributed by atoms with Crippen molar-refractivity contribution >= 4 is 5.69 Å². The Balaban J connectivity index is 2.35. The van der Waals surface area contributed by atoms with Crippen molar-refractivity contribution in [2.75, 3.05) is 5.73 Å². The van der Waals surface area contributed by atoms with E-state index in [1.807, 2.05) is 0 Å². The van der Waals surface area contributed by atoms with Gasteiger partial charge in [-0.25, -0.2) is 4.98 Å². The number of nitrogens with two attached hydrogens (primary N) is 1. The number of anilines is 1. The zero-order valence-electron chi connectivity index (χ0n) is 7.30. The lowest BCUT2D eigenvalue weighted by Gasteiger charge is -2.09. The smallest absolute Gasteiger partial charge is 0.397 e. The maximum Gasteiger partial charge on any atom is 0.435 e. The standard InChI is InChI=1S/C9H9F3N2/c10-9(11,12)8-7(13)3-6(4-14-8)5-1-2-5/h3-5H,1-2,13H2. The molecule has 2 N–H and O–H groups in total. The molecule has 1 aromatic rings. The van der Waals surface area contributed by atoms with Crippen molar-refractivity contribution in [2.24, 2.45) is 0 Å². The van der Waals surface area contributed by atoms with E-state index >= 15 is 0 Å². The highest BCUT2D eigenvalue weighted by Crippen LogP contribution is 2.41. The monoisotopic (exact) mass is 202 g/mol. The molecule has 0 spiro atoms. The lowest BCUT2D eigenvalue weighted by Crippen LogP contribution is -2.11. The molecule has 0 aliphatic heterocycles. The van der Waals surface area contributed by atoms with E-state index in [1.165, 1.54) is 12.3 Å². The molecule has 5 heteroatoms. The largest absolute Gasteiger partial charge is 0.435 e. The van der Waals surface area contributed by atoms with Crippen molar-refractivity contribution in [2.45, 2.75) is 24.9 Å². The van der Waals surface area contributed by atoms with Crippen molar-refractivity contribution in [3.63, 3.8) is 0 Å². The molecule has 2 rings (SSSR count). The first kappa shape index (κ1) is 9.30. The molecule has 0 atom stereocenters. The predicted molar refractivity (Wildman–Crippen MR) is 45.6 cm³/mol. The van der Waals surface area contributed by atoms with E-state index in [2.05, 4.69) is 4.98 Å². The van der Waals surface area contributed by atoms with Gasteiger partial charge in [0.2, 0.25) is 0 Å². The number of alkyl halides is 3. The number of nitrogen functional groups attached to an aromatic ring is 1. The van der Waals surface area contributed by atoms with Crippen LogP contribution in [0.15, 0.2) is 12.3 Å². The molecule has 1 aromatic heterocycles. The number of nitrogens with zero attached hydrogens (tertiary/aromatic N) is 1. The van der Waals surface area contributed by atoms with Crippen molar-refractivity contribution in [1.82, 2.24) is 4.98 Å². The van der Waals surface area contributed by atoms with Crippen LogP contribution in [-0.4, -0.2) is 4.98 Å². The lowest BCUT2D eigenvalue weighted by molar-refractivity contribution is -0.140. The first-order chi connectivity index (χ1) is 6.48. The van der Waals surface area contributed by atoms with Crippen LogP contribution in [0.5, 0.6) is 0 Å². The number of pyridine rings is 1. The molecule has 0 unspecified atom stereocenters. The minimum atomic E-state index is -4.45. The Morgan fingerprint density at radius 3 is 2.43 bits per heavy atom. The summed E-state index contributed by atoms with van der Waals surface area (Å²) in [5, 5.41) is 0. The van der Waals surface area contributed by atoms with Gasteiger partial charge in [0, 0.05) is 6.20 Å². The van der Waals surface area contributed by atoms with E-state index in [4.69, 9.17) is 5.73 Å². The van der Waals surface area contributed by atoms with Crippen LogP contribution in [0.4, 0.5) is 18.9 Å². The Hall–Kier alpha value is -1.26. The quantitative estimate of drug-likeness (QED) is 0.760. The summed E-state index contributed by atoms with van der Waals surface area (Å²) in [4.78, 5) is 3.36. The lowest BCUT2D eigenvalue weighted by atomic mass is 10.1. The summed E-state index contributed by atoms with van der Waals surface area (Å²) in [6.45, 7) is 0. The van der Waals surface area contributed by atoms with Gasteiger partial charge in [0.25, 0.3) is 0 Å². The molecule has 1 heterocycles. The van der Waals surface area contributed by atoms with E-state index < -0.39 is 11.9 Å². The molecule has 0 saturated heterocycles. The predicted octanol–water partition coefficient (Wildman–Crippen LogP) is 2.56. The molecule has 76 valence electrons. The molecular weight excluding hydrogens is 193 g/mol. The van der Waals surface area contributed by atoms with E-state index in [0.29, 0.717) is 5.92 Å². The van der Waals surface area contributed by atoms with Crippen molar-refractivity contribution < 1.29 is 13.2 Å². The number of halogens is 3. The maximum absolute atomic E-state index is 12.3. The van der Waals surface area contributed by atoms with Crippen molar-refractivity contribution in [3.8, 4) is 0 Å². The van der Waals surface area contributed by atoms with Gasteiger partial charge in [-0.05, 0) is 30.4 Å². The maximum atomic E-state index is 12.3. The fourth-order valence-corrected chi connectivity index (χ4v) is 1.38. The number of rotatable bonds is 1. The molecule has 1 fully saturated rings. The van der Waals surface area contributed by atoms with Gasteiger partial charge in [-0.1, -0.05) is 0 Å². The second-order valence-electron chi connectivity index (χ2n) is 3.48. The van der Waals surface area contributed by atoms with Crippen molar-refractivity contribution in [3.05, 3.63) is 23.5 Å². The summed E-state index contributed by atoms with van der Waals surface area (Å²) >= 11 is 0. The Kier molecular flexibility index (Phi) is 1.90. The Labute approximate surface area is 78.9 Å². The van der Waals surface area contributed by atoms with Gasteiger partial charge in [-0.3, -0.25) is 0 Å². The fraction of sp³-hybridized carbons (Fsp3) is 0.444. The molecule has 0 amide bonds. The third-order valence-electron chi connectivity index (χ3n) is 2.26. The summed E-state index contributed by atoms with van der Waals surface area (Å²) < 4.78 is 36.8. The molecule has 14 heavy (non-hydrogen) atoms. The van der Waals surface area contributed by atoms with Crippen LogP contribution in [0.25, 0.3) is 0 Å². The highest BCUT2D eigenvalue weighted by atomic mass is 19.4. The molecule has 0 bridgehead atoms. The van der Waals surface area contributed by atoms with Crippen molar-refractivity contribution in [1.29, 1.82) is 0 Å². The Morgan fingerprint density at radius 2 is 2.00 bits per heavy atom. The number of hydrogen-bond donors (Lipinski definition) is 1. The van der Waals surface area contributed by atoms with Crippen LogP contribution in [0.2, 0.25) is 0 Å². The van der Waals surface area contributed by atoms with Gasteiger partial charge in [0.1, 0.15) is 0 Å². The summed E-state index contributed by atoms with van der Waals surface area (Å²) in [6, 6.07) is 1.38. The van der Waals surface area contributed by atoms with Crippen LogP contribution in [-0.2, 0) is 6.18 Å². The third kappa shape index (κ3) is 1.66. The molecule has 2 nitrogen and oxygen atoms in total. The summed E-state index contributed by atoms with van der Waals surface area (Å²) in [6.07, 6.45) is -1.14. The minimum Gasteiger partial charge on any atom is -0.397 e. The number of hydrogen-bond acceptors (Lipinski definition) is 2. The zero-order chi connectivity index (χ0) is 10.3. The second-order valence-corrected chi connectivity index (χ2v) is 3.48. The molecule has 1 saturated carbocycles. The van der Waals surface area contributed by atoms with Gasteiger partial charge in [0.05, 0.1) is 5.69 Å². The van der Waals surface area contributed by atoms with Gasteiger partial charge in [0.15, 0.2) is 5.69 Å². The second kappa shape index (κ2) is 2.87. The summed E-state index contributed by atoms with van der Waals surface area (Å²) in [5.74, 6) is 0.368. The SMILES string of the molecule is Nc1cc(C2CC2)cnc1C(F)(F)F. The highest BCUT2D eigenvalue weighted by molar-refractivity contribution is 5.47. The Bertz CT molecular complexity index is 356. The van der Waals surface area contributed by atoms with E-state index in [1.54, 1.807) is 0 Å². The third-order valence-corrected chi connectivity index (χ3v) is 2.26. The van der Waals surface area contributed by atoms with Gasteiger partial charge < -0.3 is 5.73 Å². The molecule has 1 aliphatic rings. The van der Waals surface area contributed by atoms with Crippen LogP contribution < -0.4 is 5.73 Å². The van der Waals surface area contributed by atoms with Gasteiger partial charge in [-0.15, -0.1) is 0 Å². The highest BCUT2D eigenvalue weighted by Gasteiger charge is 2.35. The van der Waals surface area contributed by atoms with Crippen LogP contribution >= 0.6 is 0 Å². The number of aromatic nitrogens is 1. The molecule has 0 aromatic carbocycles. The fourth-order valence-electron chi connectivity index (χ4n) is 1.38. The van der Waals surface area contributed by atoms with Crippen LogP contribution in [0, 0.1) is 0 Å². The normalized spacial score (nSPS) is 17.1.